The topological polar surface area (TPSA) is 49.2 Å². The minimum atomic E-state index is 0.139. The zero-order chi connectivity index (χ0) is 12.6. The van der Waals surface area contributed by atoms with Crippen LogP contribution in [0, 0.1) is 0 Å². The highest BCUT2D eigenvalue weighted by Gasteiger charge is 2.07. The molecule has 4 nitrogen and oxygen atoms in total. The van der Waals surface area contributed by atoms with Crippen LogP contribution in [-0.4, -0.2) is 33.1 Å². The number of benzene rings is 1. The molecule has 0 spiro atoms. The minimum absolute atomic E-state index is 0.139. The molecule has 0 aliphatic carbocycles. The van der Waals surface area contributed by atoms with Gasteiger partial charge in [-0.2, -0.15) is 0 Å². The third kappa shape index (κ3) is 3.91. The van der Waals surface area contributed by atoms with E-state index in [4.69, 9.17) is 5.11 Å². The Labute approximate surface area is 107 Å². The number of nitrogens with zero attached hydrogens (tertiary/aromatic N) is 3. The van der Waals surface area contributed by atoms with E-state index in [0.29, 0.717) is 13.1 Å². The molecule has 0 aliphatic rings. The number of aliphatic hydroxyl groups excluding tert-OH is 1. The van der Waals surface area contributed by atoms with Crippen LogP contribution in [0.15, 0.2) is 48.8 Å². The van der Waals surface area contributed by atoms with Gasteiger partial charge < -0.3 is 5.11 Å². The number of hydrogen-bond acceptors (Lipinski definition) is 4. The SMILES string of the molecule is OCCN(Cc1ccccc1)Cc1ncccn1. The summed E-state index contributed by atoms with van der Waals surface area (Å²) in [6, 6.07) is 12.0. The fourth-order valence-corrected chi connectivity index (χ4v) is 1.81. The Hall–Kier alpha value is -1.78. The first kappa shape index (κ1) is 12.7. The molecule has 0 bridgehead atoms. The smallest absolute Gasteiger partial charge is 0.142 e. The highest BCUT2D eigenvalue weighted by Crippen LogP contribution is 2.06. The van der Waals surface area contributed by atoms with E-state index in [1.54, 1.807) is 18.5 Å². The van der Waals surface area contributed by atoms with Gasteiger partial charge in [0.15, 0.2) is 0 Å². The molecule has 1 aromatic carbocycles. The monoisotopic (exact) mass is 243 g/mol. The Morgan fingerprint density at radius 3 is 2.33 bits per heavy atom. The molecule has 18 heavy (non-hydrogen) atoms. The van der Waals surface area contributed by atoms with Gasteiger partial charge in [0, 0.05) is 25.5 Å². The van der Waals surface area contributed by atoms with Gasteiger partial charge in [0.05, 0.1) is 13.2 Å². The van der Waals surface area contributed by atoms with Crippen molar-refractivity contribution in [3.63, 3.8) is 0 Å². The van der Waals surface area contributed by atoms with Crippen molar-refractivity contribution in [1.82, 2.24) is 14.9 Å². The number of rotatable bonds is 6. The standard InChI is InChI=1S/C14H17N3O/c18-10-9-17(11-13-5-2-1-3-6-13)12-14-15-7-4-8-16-14/h1-8,18H,9-12H2. The second-order valence-electron chi connectivity index (χ2n) is 4.08. The quantitative estimate of drug-likeness (QED) is 0.834. The Balaban J connectivity index is 2.00. The summed E-state index contributed by atoms with van der Waals surface area (Å²) in [5.41, 5.74) is 1.22. The van der Waals surface area contributed by atoms with Crippen molar-refractivity contribution in [3.05, 3.63) is 60.2 Å². The summed E-state index contributed by atoms with van der Waals surface area (Å²) in [6.07, 6.45) is 3.48. The third-order valence-electron chi connectivity index (χ3n) is 2.65. The summed E-state index contributed by atoms with van der Waals surface area (Å²) in [5.74, 6) is 0.780. The first-order chi connectivity index (χ1) is 8.88. The van der Waals surface area contributed by atoms with E-state index >= 15 is 0 Å². The zero-order valence-corrected chi connectivity index (χ0v) is 10.2. The van der Waals surface area contributed by atoms with Gasteiger partial charge in [-0.05, 0) is 11.6 Å². The zero-order valence-electron chi connectivity index (χ0n) is 10.2. The molecule has 0 unspecified atom stereocenters. The number of aliphatic hydroxyl groups is 1. The van der Waals surface area contributed by atoms with Crippen molar-refractivity contribution in [2.75, 3.05) is 13.2 Å². The van der Waals surface area contributed by atoms with Gasteiger partial charge in [0.1, 0.15) is 5.82 Å². The molecular weight excluding hydrogens is 226 g/mol. The summed E-state index contributed by atoms with van der Waals surface area (Å²) in [5, 5.41) is 9.11. The van der Waals surface area contributed by atoms with Crippen molar-refractivity contribution in [2.24, 2.45) is 0 Å². The first-order valence-corrected chi connectivity index (χ1v) is 6.01. The number of hydrogen-bond donors (Lipinski definition) is 1. The van der Waals surface area contributed by atoms with Gasteiger partial charge in [-0.25, -0.2) is 9.97 Å². The van der Waals surface area contributed by atoms with Crippen LogP contribution in [0.3, 0.4) is 0 Å². The van der Waals surface area contributed by atoms with E-state index in [1.165, 1.54) is 5.56 Å². The van der Waals surface area contributed by atoms with Crippen LogP contribution in [-0.2, 0) is 13.1 Å². The fraction of sp³-hybridized carbons (Fsp3) is 0.286. The van der Waals surface area contributed by atoms with Gasteiger partial charge in [-0.1, -0.05) is 30.3 Å². The van der Waals surface area contributed by atoms with Crippen molar-refractivity contribution in [1.29, 1.82) is 0 Å². The Bertz CT molecular complexity index is 406. The Morgan fingerprint density at radius 2 is 1.67 bits per heavy atom. The van der Waals surface area contributed by atoms with Gasteiger partial charge in [0.2, 0.25) is 0 Å². The lowest BCUT2D eigenvalue weighted by Gasteiger charge is -2.20. The van der Waals surface area contributed by atoms with Crippen LogP contribution in [0.1, 0.15) is 11.4 Å². The normalized spacial score (nSPS) is 10.8. The van der Waals surface area contributed by atoms with Crippen molar-refractivity contribution >= 4 is 0 Å². The van der Waals surface area contributed by atoms with E-state index in [0.717, 1.165) is 12.4 Å². The van der Waals surface area contributed by atoms with Crippen molar-refractivity contribution in [3.8, 4) is 0 Å². The minimum Gasteiger partial charge on any atom is -0.395 e. The summed E-state index contributed by atoms with van der Waals surface area (Å²) in [4.78, 5) is 10.5. The molecule has 2 aromatic rings. The van der Waals surface area contributed by atoms with E-state index in [-0.39, 0.29) is 6.61 Å². The molecule has 2 rings (SSSR count). The summed E-state index contributed by atoms with van der Waals surface area (Å²) in [7, 11) is 0. The predicted octanol–water partition coefficient (Wildman–Crippen LogP) is 1.47. The summed E-state index contributed by atoms with van der Waals surface area (Å²) < 4.78 is 0. The lowest BCUT2D eigenvalue weighted by molar-refractivity contribution is 0.181. The molecular formula is C14H17N3O. The highest BCUT2D eigenvalue weighted by atomic mass is 16.3. The second-order valence-corrected chi connectivity index (χ2v) is 4.08. The molecule has 0 atom stereocenters. The van der Waals surface area contributed by atoms with Gasteiger partial charge in [-0.3, -0.25) is 4.90 Å². The second kappa shape index (κ2) is 6.83. The average Bonchev–Trinajstić information content (AvgIpc) is 2.41. The molecule has 0 radical (unpaired) electrons. The van der Waals surface area contributed by atoms with E-state index < -0.39 is 0 Å². The van der Waals surface area contributed by atoms with Crippen LogP contribution in [0.25, 0.3) is 0 Å². The van der Waals surface area contributed by atoms with Crippen LogP contribution < -0.4 is 0 Å². The van der Waals surface area contributed by atoms with E-state index in [9.17, 15) is 0 Å². The highest BCUT2D eigenvalue weighted by molar-refractivity contribution is 5.14. The van der Waals surface area contributed by atoms with E-state index in [2.05, 4.69) is 27.0 Å². The Morgan fingerprint density at radius 1 is 0.944 bits per heavy atom. The molecule has 94 valence electrons. The molecule has 0 saturated heterocycles. The third-order valence-corrected chi connectivity index (χ3v) is 2.65. The van der Waals surface area contributed by atoms with Crippen LogP contribution in [0.2, 0.25) is 0 Å². The largest absolute Gasteiger partial charge is 0.395 e. The van der Waals surface area contributed by atoms with Crippen molar-refractivity contribution < 1.29 is 5.11 Å². The average molecular weight is 243 g/mol. The molecule has 0 amide bonds. The van der Waals surface area contributed by atoms with Gasteiger partial charge in [0.25, 0.3) is 0 Å². The maximum Gasteiger partial charge on any atom is 0.142 e. The van der Waals surface area contributed by atoms with E-state index in [1.807, 2.05) is 18.2 Å². The lowest BCUT2D eigenvalue weighted by Crippen LogP contribution is -2.26. The molecule has 1 N–H and O–H groups in total. The summed E-state index contributed by atoms with van der Waals surface area (Å²) >= 11 is 0. The van der Waals surface area contributed by atoms with Crippen LogP contribution >= 0.6 is 0 Å². The lowest BCUT2D eigenvalue weighted by atomic mass is 10.2. The first-order valence-electron chi connectivity index (χ1n) is 6.01. The van der Waals surface area contributed by atoms with Gasteiger partial charge >= 0.3 is 0 Å². The summed E-state index contributed by atoms with van der Waals surface area (Å²) in [6.45, 7) is 2.20. The number of aromatic nitrogens is 2. The van der Waals surface area contributed by atoms with Gasteiger partial charge in [-0.15, -0.1) is 0 Å². The molecule has 1 heterocycles. The molecule has 4 heteroatoms. The predicted molar refractivity (Wildman–Crippen MR) is 69.7 cm³/mol. The maximum absolute atomic E-state index is 9.11. The molecule has 1 aromatic heterocycles. The molecule has 0 aliphatic heterocycles. The van der Waals surface area contributed by atoms with Crippen LogP contribution in [0.5, 0.6) is 0 Å². The van der Waals surface area contributed by atoms with Crippen molar-refractivity contribution in [2.45, 2.75) is 13.1 Å². The fourth-order valence-electron chi connectivity index (χ4n) is 1.81. The maximum atomic E-state index is 9.11. The Kier molecular flexibility index (Phi) is 4.81. The van der Waals surface area contributed by atoms with Crippen LogP contribution in [0.4, 0.5) is 0 Å². The molecule has 0 fully saturated rings. The molecule has 0 saturated carbocycles.